The summed E-state index contributed by atoms with van der Waals surface area (Å²) in [5.41, 5.74) is 0. The van der Waals surface area contributed by atoms with Gasteiger partial charge in [0.1, 0.15) is 0 Å². The Bertz CT molecular complexity index is 340. The number of nitrogens with zero attached hydrogens (tertiary/aromatic N) is 2. The van der Waals surface area contributed by atoms with Crippen molar-refractivity contribution in [2.75, 3.05) is 12.4 Å². The number of imidazole rings is 1. The van der Waals surface area contributed by atoms with Gasteiger partial charge in [-0.25, -0.2) is 4.98 Å². The Hall–Kier alpha value is -0.480. The van der Waals surface area contributed by atoms with E-state index < -0.39 is 0 Å². The van der Waals surface area contributed by atoms with Crippen molar-refractivity contribution in [3.05, 3.63) is 12.4 Å². The van der Waals surface area contributed by atoms with Crippen molar-refractivity contribution in [3.63, 3.8) is 0 Å². The maximum absolute atomic E-state index is 5.98. The van der Waals surface area contributed by atoms with Crippen LogP contribution < -0.4 is 0 Å². The van der Waals surface area contributed by atoms with Gasteiger partial charge in [-0.2, -0.15) is 0 Å². The third-order valence-corrected chi connectivity index (χ3v) is 4.48. The van der Waals surface area contributed by atoms with Gasteiger partial charge in [-0.15, -0.1) is 0 Å². The van der Waals surface area contributed by atoms with Gasteiger partial charge >= 0.3 is 0 Å². The summed E-state index contributed by atoms with van der Waals surface area (Å²) in [5, 5.41) is 1.07. The topological polar surface area (TPSA) is 27.1 Å². The average molecular weight is 254 g/mol. The molecular formula is C13H22N2OS. The molecule has 3 nitrogen and oxygen atoms in total. The lowest BCUT2D eigenvalue weighted by atomic mass is 9.88. The molecule has 0 radical (unpaired) electrons. The molecule has 0 spiro atoms. The molecule has 0 N–H and O–H groups in total. The molecule has 1 fully saturated rings. The number of hydrogen-bond acceptors (Lipinski definition) is 3. The first kappa shape index (κ1) is 13.0. The van der Waals surface area contributed by atoms with Crippen molar-refractivity contribution in [1.82, 2.24) is 9.55 Å². The van der Waals surface area contributed by atoms with E-state index in [-0.39, 0.29) is 0 Å². The Kier molecular flexibility index (Phi) is 4.92. The van der Waals surface area contributed by atoms with E-state index in [4.69, 9.17) is 4.74 Å². The van der Waals surface area contributed by atoms with Crippen LogP contribution in [0.15, 0.2) is 17.6 Å². The van der Waals surface area contributed by atoms with Gasteiger partial charge in [-0.1, -0.05) is 31.5 Å². The van der Waals surface area contributed by atoms with Crippen LogP contribution in [0.25, 0.3) is 0 Å². The molecule has 2 atom stereocenters. The minimum atomic E-state index is 0.491. The zero-order valence-electron chi connectivity index (χ0n) is 10.8. The highest BCUT2D eigenvalue weighted by Gasteiger charge is 2.21. The van der Waals surface area contributed by atoms with Crippen molar-refractivity contribution >= 4 is 11.8 Å². The van der Waals surface area contributed by atoms with E-state index in [0.717, 1.165) is 23.4 Å². The zero-order valence-corrected chi connectivity index (χ0v) is 11.6. The second kappa shape index (κ2) is 6.45. The van der Waals surface area contributed by atoms with E-state index >= 15 is 0 Å². The highest BCUT2D eigenvalue weighted by Crippen LogP contribution is 2.26. The van der Waals surface area contributed by atoms with Gasteiger partial charge < -0.3 is 9.30 Å². The maximum atomic E-state index is 5.98. The highest BCUT2D eigenvalue weighted by molar-refractivity contribution is 7.99. The fourth-order valence-electron chi connectivity index (χ4n) is 2.35. The first-order chi connectivity index (χ1) is 8.27. The van der Waals surface area contributed by atoms with Gasteiger partial charge in [-0.3, -0.25) is 0 Å². The van der Waals surface area contributed by atoms with Crippen LogP contribution in [0.2, 0.25) is 0 Å². The maximum Gasteiger partial charge on any atom is 0.167 e. The van der Waals surface area contributed by atoms with E-state index in [9.17, 15) is 0 Å². The second-order valence-corrected chi connectivity index (χ2v) is 5.90. The van der Waals surface area contributed by atoms with Gasteiger partial charge in [0.15, 0.2) is 5.16 Å². The van der Waals surface area contributed by atoms with Crippen LogP contribution in [0.1, 0.15) is 32.6 Å². The normalized spacial score (nSPS) is 25.1. The highest BCUT2D eigenvalue weighted by atomic mass is 32.2. The predicted octanol–water partition coefficient (Wildman–Crippen LogP) is 3.11. The number of aryl methyl sites for hydroxylation is 1. The molecule has 1 aliphatic rings. The minimum Gasteiger partial charge on any atom is -0.377 e. The summed E-state index contributed by atoms with van der Waals surface area (Å²) in [6.45, 7) is 3.16. The fourth-order valence-corrected chi connectivity index (χ4v) is 3.12. The molecule has 4 heteroatoms. The summed E-state index contributed by atoms with van der Waals surface area (Å²) in [6.07, 6.45) is 9.60. The number of thioether (sulfide) groups is 1. The molecule has 1 aliphatic carbocycles. The van der Waals surface area contributed by atoms with Gasteiger partial charge in [0, 0.05) is 25.2 Å². The summed E-state index contributed by atoms with van der Waals surface area (Å²) in [4.78, 5) is 4.29. The van der Waals surface area contributed by atoms with E-state index in [1.807, 2.05) is 24.0 Å². The van der Waals surface area contributed by atoms with Crippen molar-refractivity contribution < 1.29 is 4.74 Å². The first-order valence-electron chi connectivity index (χ1n) is 6.49. The van der Waals surface area contributed by atoms with Gasteiger partial charge in [0.25, 0.3) is 0 Å². The van der Waals surface area contributed by atoms with Crippen molar-refractivity contribution in [2.24, 2.45) is 13.0 Å². The molecule has 0 bridgehead atoms. The van der Waals surface area contributed by atoms with Gasteiger partial charge in [0.2, 0.25) is 0 Å². The summed E-state index contributed by atoms with van der Waals surface area (Å²) in [7, 11) is 2.03. The van der Waals surface area contributed by atoms with E-state index in [1.54, 1.807) is 11.8 Å². The molecule has 0 unspecified atom stereocenters. The SMILES string of the molecule is C[C@@H]1CCCC[C@@H]1OCCSc1nccn1C. The molecule has 96 valence electrons. The molecule has 1 aromatic rings. The van der Waals surface area contributed by atoms with Crippen LogP contribution in [0.3, 0.4) is 0 Å². The Morgan fingerprint density at radius 3 is 3.00 bits per heavy atom. The molecule has 0 saturated heterocycles. The summed E-state index contributed by atoms with van der Waals surface area (Å²) >= 11 is 1.77. The molecule has 17 heavy (non-hydrogen) atoms. The lowest BCUT2D eigenvalue weighted by Crippen LogP contribution is -2.26. The van der Waals surface area contributed by atoms with Crippen LogP contribution in [0, 0.1) is 5.92 Å². The van der Waals surface area contributed by atoms with Gasteiger partial charge in [0.05, 0.1) is 12.7 Å². The van der Waals surface area contributed by atoms with Crippen LogP contribution in [-0.2, 0) is 11.8 Å². The zero-order chi connectivity index (χ0) is 12.1. The molecule has 0 aliphatic heterocycles. The Morgan fingerprint density at radius 1 is 1.47 bits per heavy atom. The monoisotopic (exact) mass is 254 g/mol. The quantitative estimate of drug-likeness (QED) is 0.597. The molecule has 0 amide bonds. The molecule has 1 aromatic heterocycles. The van der Waals surface area contributed by atoms with Crippen LogP contribution >= 0.6 is 11.8 Å². The first-order valence-corrected chi connectivity index (χ1v) is 7.47. The van der Waals surface area contributed by atoms with Gasteiger partial charge in [-0.05, 0) is 18.8 Å². The largest absolute Gasteiger partial charge is 0.377 e. The molecule has 0 aromatic carbocycles. The number of rotatable bonds is 5. The predicted molar refractivity (Wildman–Crippen MR) is 71.3 cm³/mol. The number of hydrogen-bond donors (Lipinski definition) is 0. The fraction of sp³-hybridized carbons (Fsp3) is 0.769. The second-order valence-electron chi connectivity index (χ2n) is 4.84. The Morgan fingerprint density at radius 2 is 2.29 bits per heavy atom. The molecule has 1 heterocycles. The third kappa shape index (κ3) is 3.75. The molecule has 1 saturated carbocycles. The summed E-state index contributed by atoms with van der Waals surface area (Å²) in [5.74, 6) is 1.73. The lowest BCUT2D eigenvalue weighted by Gasteiger charge is -2.28. The van der Waals surface area contributed by atoms with Crippen molar-refractivity contribution in [3.8, 4) is 0 Å². The molecule has 2 rings (SSSR count). The van der Waals surface area contributed by atoms with E-state index in [2.05, 4.69) is 11.9 Å². The van der Waals surface area contributed by atoms with Crippen LogP contribution in [0.5, 0.6) is 0 Å². The Labute approximate surface area is 108 Å². The average Bonchev–Trinajstić information content (AvgIpc) is 2.73. The van der Waals surface area contributed by atoms with Crippen molar-refractivity contribution in [1.29, 1.82) is 0 Å². The standard InChI is InChI=1S/C13H22N2OS/c1-11-5-3-4-6-12(11)16-9-10-17-13-14-7-8-15(13)2/h7-8,11-12H,3-6,9-10H2,1-2H3/t11-,12+/m1/s1. The minimum absolute atomic E-state index is 0.491. The number of ether oxygens (including phenoxy) is 1. The smallest absolute Gasteiger partial charge is 0.167 e. The summed E-state index contributed by atoms with van der Waals surface area (Å²) < 4.78 is 8.02. The molecular weight excluding hydrogens is 232 g/mol. The van der Waals surface area contributed by atoms with Crippen LogP contribution in [-0.4, -0.2) is 28.0 Å². The lowest BCUT2D eigenvalue weighted by molar-refractivity contribution is 0.00345. The van der Waals surface area contributed by atoms with E-state index in [1.165, 1.54) is 25.7 Å². The van der Waals surface area contributed by atoms with Crippen LogP contribution in [0.4, 0.5) is 0 Å². The Balaban J connectivity index is 1.64. The number of aromatic nitrogens is 2. The third-order valence-electron chi connectivity index (χ3n) is 3.46. The van der Waals surface area contributed by atoms with Crippen molar-refractivity contribution in [2.45, 2.75) is 43.9 Å². The summed E-state index contributed by atoms with van der Waals surface area (Å²) in [6, 6.07) is 0. The van der Waals surface area contributed by atoms with E-state index in [0.29, 0.717) is 6.10 Å².